The minimum Gasteiger partial charge on any atom is -0.333 e. The monoisotopic (exact) mass is 313 g/mol. The molecular weight excluding hydrogens is 290 g/mol. The van der Waals surface area contributed by atoms with Crippen LogP contribution in [0.25, 0.3) is 0 Å². The maximum Gasteiger partial charge on any atom is 0.322 e. The zero-order valence-electron chi connectivity index (χ0n) is 14.1. The van der Waals surface area contributed by atoms with Crippen LogP contribution in [0, 0.1) is 13.8 Å². The molecule has 1 N–H and O–H groups in total. The number of carbonyl (C=O) groups excluding carboxylic acids is 2. The molecular formula is C18H23N3O2. The average molecular weight is 313 g/mol. The van der Waals surface area contributed by atoms with Crippen LogP contribution in [0.4, 0.5) is 4.79 Å². The molecule has 23 heavy (non-hydrogen) atoms. The normalized spacial score (nSPS) is 21.0. The molecule has 0 bridgehead atoms. The third kappa shape index (κ3) is 2.50. The summed E-state index contributed by atoms with van der Waals surface area (Å²) in [5, 5.41) is 2.99. The lowest BCUT2D eigenvalue weighted by Crippen LogP contribution is -2.45. The number of nitrogens with one attached hydrogen (secondary N) is 1. The standard InChI is InChI=1S/C18H23N3O2/c1-5-8-21-10-14-15(17(21)22)16(19-18(23)20(14)4)13-7-6-11(2)9-12(13)3/h6-7,9,16H,5,8,10H2,1-4H3,(H,19,23)/t16-/m0/s1. The number of likely N-dealkylation sites (N-methyl/N-ethyl adjacent to an activating group) is 1. The van der Waals surface area contributed by atoms with Gasteiger partial charge in [0.15, 0.2) is 0 Å². The summed E-state index contributed by atoms with van der Waals surface area (Å²) in [6.07, 6.45) is 0.908. The van der Waals surface area contributed by atoms with E-state index in [0.29, 0.717) is 18.7 Å². The van der Waals surface area contributed by atoms with Crippen molar-refractivity contribution >= 4 is 11.9 Å². The summed E-state index contributed by atoms with van der Waals surface area (Å²) in [7, 11) is 1.73. The van der Waals surface area contributed by atoms with Crippen LogP contribution in [-0.2, 0) is 4.79 Å². The first-order chi connectivity index (χ1) is 10.9. The number of aryl methyl sites for hydroxylation is 2. The smallest absolute Gasteiger partial charge is 0.322 e. The van der Waals surface area contributed by atoms with Gasteiger partial charge >= 0.3 is 6.03 Å². The average Bonchev–Trinajstić information content (AvgIpc) is 2.82. The molecule has 0 radical (unpaired) electrons. The quantitative estimate of drug-likeness (QED) is 0.932. The molecule has 5 nitrogen and oxygen atoms in total. The van der Waals surface area contributed by atoms with E-state index in [-0.39, 0.29) is 18.0 Å². The van der Waals surface area contributed by atoms with Crippen LogP contribution in [0.1, 0.15) is 36.1 Å². The Morgan fingerprint density at radius 3 is 2.65 bits per heavy atom. The topological polar surface area (TPSA) is 52.7 Å². The van der Waals surface area contributed by atoms with Crippen LogP contribution >= 0.6 is 0 Å². The molecule has 1 aromatic rings. The fourth-order valence-corrected chi connectivity index (χ4v) is 3.46. The fraction of sp³-hybridized carbons (Fsp3) is 0.444. The number of hydrogen-bond acceptors (Lipinski definition) is 2. The van der Waals surface area contributed by atoms with Gasteiger partial charge in [0.05, 0.1) is 23.9 Å². The van der Waals surface area contributed by atoms with Crippen molar-refractivity contribution in [1.82, 2.24) is 15.1 Å². The Balaban J connectivity index is 2.06. The Bertz CT molecular complexity index is 708. The molecule has 2 aliphatic heterocycles. The Kier molecular flexibility index (Phi) is 3.88. The van der Waals surface area contributed by atoms with Crippen LogP contribution < -0.4 is 5.32 Å². The second-order valence-corrected chi connectivity index (χ2v) is 6.39. The van der Waals surface area contributed by atoms with E-state index >= 15 is 0 Å². The Morgan fingerprint density at radius 1 is 1.26 bits per heavy atom. The molecule has 0 saturated carbocycles. The number of rotatable bonds is 3. The van der Waals surface area contributed by atoms with Crippen LogP contribution in [-0.4, -0.2) is 41.9 Å². The Labute approximate surface area is 137 Å². The lowest BCUT2D eigenvalue weighted by Gasteiger charge is -2.31. The van der Waals surface area contributed by atoms with Crippen molar-refractivity contribution < 1.29 is 9.59 Å². The Morgan fingerprint density at radius 2 is 2.00 bits per heavy atom. The van der Waals surface area contributed by atoms with Crippen molar-refractivity contribution in [2.75, 3.05) is 20.1 Å². The largest absolute Gasteiger partial charge is 0.333 e. The van der Waals surface area contributed by atoms with Crippen molar-refractivity contribution in [2.24, 2.45) is 0 Å². The zero-order valence-corrected chi connectivity index (χ0v) is 14.1. The van der Waals surface area contributed by atoms with Gasteiger partial charge < -0.3 is 10.2 Å². The number of urea groups is 1. The van der Waals surface area contributed by atoms with E-state index in [1.54, 1.807) is 11.9 Å². The third-order valence-electron chi connectivity index (χ3n) is 4.66. The van der Waals surface area contributed by atoms with Crippen molar-refractivity contribution in [3.63, 3.8) is 0 Å². The van der Waals surface area contributed by atoms with Gasteiger partial charge in [-0.05, 0) is 31.4 Å². The van der Waals surface area contributed by atoms with E-state index in [9.17, 15) is 9.59 Å². The number of nitrogens with zero attached hydrogens (tertiary/aromatic N) is 2. The summed E-state index contributed by atoms with van der Waals surface area (Å²) >= 11 is 0. The maximum absolute atomic E-state index is 12.8. The zero-order chi connectivity index (χ0) is 16.7. The molecule has 0 aromatic heterocycles. The molecule has 5 heteroatoms. The summed E-state index contributed by atoms with van der Waals surface area (Å²) in [4.78, 5) is 28.6. The maximum atomic E-state index is 12.8. The highest BCUT2D eigenvalue weighted by atomic mass is 16.2. The Hall–Kier alpha value is -2.30. The van der Waals surface area contributed by atoms with Gasteiger partial charge in [-0.25, -0.2) is 4.79 Å². The number of hydrogen-bond donors (Lipinski definition) is 1. The van der Waals surface area contributed by atoms with Crippen LogP contribution in [0.5, 0.6) is 0 Å². The predicted octanol–water partition coefficient (Wildman–Crippen LogP) is 2.51. The van der Waals surface area contributed by atoms with Gasteiger partial charge in [-0.3, -0.25) is 9.69 Å². The van der Waals surface area contributed by atoms with Crippen LogP contribution in [0.15, 0.2) is 29.5 Å². The predicted molar refractivity (Wildman–Crippen MR) is 88.8 cm³/mol. The van der Waals surface area contributed by atoms with E-state index in [0.717, 1.165) is 23.2 Å². The molecule has 0 fully saturated rings. The fourth-order valence-electron chi connectivity index (χ4n) is 3.46. The third-order valence-corrected chi connectivity index (χ3v) is 4.66. The first kappa shape index (κ1) is 15.6. The van der Waals surface area contributed by atoms with Crippen molar-refractivity contribution in [3.05, 3.63) is 46.2 Å². The number of amides is 3. The van der Waals surface area contributed by atoms with Gasteiger partial charge in [0.1, 0.15) is 0 Å². The van der Waals surface area contributed by atoms with Crippen molar-refractivity contribution in [3.8, 4) is 0 Å². The molecule has 2 heterocycles. The van der Waals surface area contributed by atoms with E-state index in [4.69, 9.17) is 0 Å². The number of carbonyl (C=O) groups is 2. The van der Waals surface area contributed by atoms with Gasteiger partial charge in [0.25, 0.3) is 5.91 Å². The summed E-state index contributed by atoms with van der Waals surface area (Å²) in [6, 6.07) is 5.62. The lowest BCUT2D eigenvalue weighted by atomic mass is 9.91. The molecule has 2 aliphatic rings. The van der Waals surface area contributed by atoms with E-state index in [1.807, 2.05) is 30.9 Å². The van der Waals surface area contributed by atoms with Crippen molar-refractivity contribution in [2.45, 2.75) is 33.2 Å². The second kappa shape index (κ2) is 5.72. The van der Waals surface area contributed by atoms with E-state index < -0.39 is 0 Å². The summed E-state index contributed by atoms with van der Waals surface area (Å²) < 4.78 is 0. The second-order valence-electron chi connectivity index (χ2n) is 6.39. The summed E-state index contributed by atoms with van der Waals surface area (Å²) in [6.45, 7) is 7.36. The van der Waals surface area contributed by atoms with E-state index in [1.165, 1.54) is 5.56 Å². The highest BCUT2D eigenvalue weighted by Crippen LogP contribution is 2.36. The number of benzene rings is 1. The molecule has 0 spiro atoms. The first-order valence-electron chi connectivity index (χ1n) is 8.07. The van der Waals surface area contributed by atoms with Gasteiger partial charge in [-0.1, -0.05) is 30.7 Å². The SMILES string of the molecule is CCCN1CC2=C(C1=O)[C@H](c1ccc(C)cc1C)NC(=O)N2C. The molecule has 0 unspecified atom stereocenters. The van der Waals surface area contributed by atoms with Gasteiger partial charge in [-0.15, -0.1) is 0 Å². The van der Waals surface area contributed by atoms with Crippen molar-refractivity contribution in [1.29, 1.82) is 0 Å². The van der Waals surface area contributed by atoms with Gasteiger partial charge in [-0.2, -0.15) is 0 Å². The van der Waals surface area contributed by atoms with Crippen LogP contribution in [0.3, 0.4) is 0 Å². The highest BCUT2D eigenvalue weighted by Gasteiger charge is 2.42. The van der Waals surface area contributed by atoms with E-state index in [2.05, 4.69) is 18.3 Å². The molecule has 122 valence electrons. The highest BCUT2D eigenvalue weighted by molar-refractivity contribution is 6.01. The first-order valence-corrected chi connectivity index (χ1v) is 8.07. The lowest BCUT2D eigenvalue weighted by molar-refractivity contribution is -0.125. The molecule has 3 rings (SSSR count). The van der Waals surface area contributed by atoms with Gasteiger partial charge in [0, 0.05) is 13.6 Å². The summed E-state index contributed by atoms with van der Waals surface area (Å²) in [5.74, 6) is 0.0404. The molecule has 1 aromatic carbocycles. The van der Waals surface area contributed by atoms with Crippen LogP contribution in [0.2, 0.25) is 0 Å². The molecule has 3 amide bonds. The molecule has 1 atom stereocenters. The molecule has 0 saturated heterocycles. The minimum atomic E-state index is -0.358. The minimum absolute atomic E-state index is 0.0404. The molecule has 0 aliphatic carbocycles. The summed E-state index contributed by atoms with van der Waals surface area (Å²) in [5.41, 5.74) is 4.81. The van der Waals surface area contributed by atoms with Gasteiger partial charge in [0.2, 0.25) is 0 Å².